The first-order chi connectivity index (χ1) is 12.4. The number of halogens is 3. The van der Waals surface area contributed by atoms with Gasteiger partial charge in [-0.1, -0.05) is 59.9 Å². The Morgan fingerprint density at radius 1 is 1.15 bits per heavy atom. The maximum atomic E-state index is 11.6. The normalized spacial score (nSPS) is 12.6. The van der Waals surface area contributed by atoms with Gasteiger partial charge in [0.15, 0.2) is 0 Å². The molecule has 0 aromatic heterocycles. The molecular formula is C18H18Cl3N3O2. The van der Waals surface area contributed by atoms with E-state index in [1.807, 2.05) is 30.3 Å². The van der Waals surface area contributed by atoms with Crippen LogP contribution < -0.4 is 15.5 Å². The van der Waals surface area contributed by atoms with Crippen molar-refractivity contribution in [2.75, 3.05) is 5.43 Å². The van der Waals surface area contributed by atoms with Gasteiger partial charge in [-0.3, -0.25) is 10.2 Å². The first-order valence-electron chi connectivity index (χ1n) is 7.85. The van der Waals surface area contributed by atoms with E-state index in [1.165, 1.54) is 0 Å². The lowest BCUT2D eigenvalue weighted by molar-refractivity contribution is -0.123. The van der Waals surface area contributed by atoms with Gasteiger partial charge in [0.1, 0.15) is 5.75 Å². The van der Waals surface area contributed by atoms with Crippen LogP contribution in [0.3, 0.4) is 0 Å². The van der Waals surface area contributed by atoms with Crippen molar-refractivity contribution in [2.24, 2.45) is 5.10 Å². The number of ether oxygens (including phenoxy) is 1. The second-order valence-corrected chi connectivity index (χ2v) is 7.63. The second-order valence-electron chi connectivity index (χ2n) is 5.27. The topological polar surface area (TPSA) is 62.7 Å². The van der Waals surface area contributed by atoms with Crippen LogP contribution in [0.5, 0.6) is 5.75 Å². The van der Waals surface area contributed by atoms with Gasteiger partial charge in [0.2, 0.25) is 15.9 Å². The zero-order chi connectivity index (χ0) is 19.0. The van der Waals surface area contributed by atoms with Gasteiger partial charge in [-0.15, -0.1) is 0 Å². The molecule has 0 aliphatic carbocycles. The smallest absolute Gasteiger partial charge is 0.246 e. The Balaban J connectivity index is 1.97. The largest absolute Gasteiger partial charge is 0.466 e. The van der Waals surface area contributed by atoms with Gasteiger partial charge < -0.3 is 10.1 Å². The van der Waals surface area contributed by atoms with Crippen molar-refractivity contribution >= 4 is 52.6 Å². The summed E-state index contributed by atoms with van der Waals surface area (Å²) in [6.45, 7) is 1.70. The van der Waals surface area contributed by atoms with Crippen LogP contribution in [0.25, 0.3) is 0 Å². The number of hydrazone groups is 1. The third kappa shape index (κ3) is 6.75. The lowest BCUT2D eigenvalue weighted by Crippen LogP contribution is -2.47. The van der Waals surface area contributed by atoms with Crippen LogP contribution in [0.15, 0.2) is 59.7 Å². The summed E-state index contributed by atoms with van der Waals surface area (Å²) in [7, 11) is 0. The molecule has 0 aliphatic rings. The van der Waals surface area contributed by atoms with E-state index in [0.717, 1.165) is 11.3 Å². The number of amides is 1. The molecule has 0 saturated heterocycles. The van der Waals surface area contributed by atoms with E-state index in [1.54, 1.807) is 37.4 Å². The number of hydrogen-bond donors (Lipinski definition) is 2. The Bertz CT molecular complexity index is 732. The summed E-state index contributed by atoms with van der Waals surface area (Å²) in [5.41, 5.74) is 4.67. The number of carbonyl (C=O) groups is 1. The summed E-state index contributed by atoms with van der Waals surface area (Å²) in [6, 6.07) is 16.6. The maximum Gasteiger partial charge on any atom is 0.246 e. The molecule has 0 radical (unpaired) electrons. The fraction of sp³-hybridized carbons (Fsp3) is 0.222. The molecule has 138 valence electrons. The third-order valence-corrected chi connectivity index (χ3v) is 3.82. The van der Waals surface area contributed by atoms with Crippen LogP contribution in [-0.2, 0) is 4.79 Å². The van der Waals surface area contributed by atoms with Crippen molar-refractivity contribution in [1.82, 2.24) is 5.32 Å². The van der Waals surface area contributed by atoms with Crippen molar-refractivity contribution in [2.45, 2.75) is 23.4 Å². The minimum atomic E-state index is -1.80. The standard InChI is InChI=1S/C18H18Cl3N3O2/c1-2-16(25)23-17(18(19,20)21)26-15-10-8-13(9-11-15)12-22-24-14-6-4-3-5-7-14/h3-12,17,24H,2H2,1H3,(H,23,25)/t17-/m1/s1. The molecule has 1 atom stereocenters. The Morgan fingerprint density at radius 2 is 1.81 bits per heavy atom. The summed E-state index contributed by atoms with van der Waals surface area (Å²) >= 11 is 17.6. The Kier molecular flexibility index (Phi) is 7.57. The van der Waals surface area contributed by atoms with Crippen LogP contribution in [0.1, 0.15) is 18.9 Å². The predicted octanol–water partition coefficient (Wildman–Crippen LogP) is 4.73. The van der Waals surface area contributed by atoms with Gasteiger partial charge in [-0.25, -0.2) is 0 Å². The highest BCUT2D eigenvalue weighted by Gasteiger charge is 2.35. The van der Waals surface area contributed by atoms with Crippen LogP contribution in [0.4, 0.5) is 5.69 Å². The zero-order valence-corrected chi connectivity index (χ0v) is 16.2. The number of hydrogen-bond acceptors (Lipinski definition) is 4. The Labute approximate surface area is 167 Å². The molecule has 2 N–H and O–H groups in total. The molecule has 0 unspecified atom stereocenters. The van der Waals surface area contributed by atoms with Gasteiger partial charge in [-0.05, 0) is 42.0 Å². The SMILES string of the molecule is CCC(=O)N[C@H](Oc1ccc(C=NNc2ccccc2)cc1)C(Cl)(Cl)Cl. The molecule has 5 nitrogen and oxygen atoms in total. The molecular weight excluding hydrogens is 397 g/mol. The number of anilines is 1. The molecule has 0 saturated carbocycles. The number of carbonyl (C=O) groups excluding carboxylic acids is 1. The molecule has 0 aliphatic heterocycles. The number of nitrogens with zero attached hydrogens (tertiary/aromatic N) is 1. The molecule has 0 heterocycles. The molecule has 2 aromatic rings. The number of para-hydroxylation sites is 1. The van der Waals surface area contributed by atoms with E-state index in [4.69, 9.17) is 39.5 Å². The molecule has 2 rings (SSSR count). The van der Waals surface area contributed by atoms with Crippen LogP contribution in [0, 0.1) is 0 Å². The second kappa shape index (κ2) is 9.67. The highest BCUT2D eigenvalue weighted by molar-refractivity contribution is 6.68. The lowest BCUT2D eigenvalue weighted by Gasteiger charge is -2.26. The summed E-state index contributed by atoms with van der Waals surface area (Å²) in [5.74, 6) is 0.169. The molecule has 2 aromatic carbocycles. The fourth-order valence-corrected chi connectivity index (χ4v) is 2.19. The first-order valence-corrected chi connectivity index (χ1v) is 8.99. The van der Waals surface area contributed by atoms with Crippen molar-refractivity contribution < 1.29 is 9.53 Å². The minimum absolute atomic E-state index is 0.254. The fourth-order valence-electron chi connectivity index (χ4n) is 1.89. The summed E-state index contributed by atoms with van der Waals surface area (Å²) in [6.07, 6.45) is 0.825. The third-order valence-electron chi connectivity index (χ3n) is 3.23. The Hall–Kier alpha value is -1.95. The zero-order valence-electron chi connectivity index (χ0n) is 14.0. The molecule has 0 bridgehead atoms. The Morgan fingerprint density at radius 3 is 2.38 bits per heavy atom. The number of alkyl halides is 3. The summed E-state index contributed by atoms with van der Waals surface area (Å²) < 4.78 is 3.79. The van der Waals surface area contributed by atoms with E-state index < -0.39 is 10.0 Å². The van der Waals surface area contributed by atoms with E-state index >= 15 is 0 Å². The molecule has 26 heavy (non-hydrogen) atoms. The molecule has 0 fully saturated rings. The molecule has 1 amide bonds. The predicted molar refractivity (Wildman–Crippen MR) is 107 cm³/mol. The van der Waals surface area contributed by atoms with Crippen molar-refractivity contribution in [3.8, 4) is 5.75 Å². The van der Waals surface area contributed by atoms with Crippen LogP contribution in [0.2, 0.25) is 0 Å². The van der Waals surface area contributed by atoms with Crippen LogP contribution >= 0.6 is 34.8 Å². The lowest BCUT2D eigenvalue weighted by atomic mass is 10.2. The van der Waals surface area contributed by atoms with Crippen molar-refractivity contribution in [1.29, 1.82) is 0 Å². The average Bonchev–Trinajstić information content (AvgIpc) is 2.62. The van der Waals surface area contributed by atoms with Crippen molar-refractivity contribution in [3.05, 3.63) is 60.2 Å². The highest BCUT2D eigenvalue weighted by atomic mass is 35.6. The molecule has 8 heteroatoms. The number of benzene rings is 2. The van der Waals surface area contributed by atoms with E-state index in [2.05, 4.69) is 15.8 Å². The van der Waals surface area contributed by atoms with Crippen molar-refractivity contribution in [3.63, 3.8) is 0 Å². The summed E-state index contributed by atoms with van der Waals surface area (Å²) in [4.78, 5) is 11.6. The number of nitrogens with one attached hydrogen (secondary N) is 2. The maximum absolute atomic E-state index is 11.6. The van der Waals surface area contributed by atoms with Gasteiger partial charge in [0.05, 0.1) is 11.9 Å². The average molecular weight is 415 g/mol. The molecule has 0 spiro atoms. The number of rotatable bonds is 7. The van der Waals surface area contributed by atoms with E-state index in [9.17, 15) is 4.79 Å². The van der Waals surface area contributed by atoms with Gasteiger partial charge >= 0.3 is 0 Å². The van der Waals surface area contributed by atoms with Gasteiger partial charge in [0.25, 0.3) is 0 Å². The quantitative estimate of drug-likeness (QED) is 0.298. The van der Waals surface area contributed by atoms with Crippen LogP contribution in [-0.4, -0.2) is 22.1 Å². The monoisotopic (exact) mass is 413 g/mol. The summed E-state index contributed by atoms with van der Waals surface area (Å²) in [5, 5.41) is 6.68. The first kappa shape index (κ1) is 20.4. The van der Waals surface area contributed by atoms with E-state index in [0.29, 0.717) is 5.75 Å². The van der Waals surface area contributed by atoms with E-state index in [-0.39, 0.29) is 12.3 Å². The minimum Gasteiger partial charge on any atom is -0.466 e. The van der Waals surface area contributed by atoms with Gasteiger partial charge in [-0.2, -0.15) is 5.10 Å². The van der Waals surface area contributed by atoms with Gasteiger partial charge in [0, 0.05) is 6.42 Å². The highest BCUT2D eigenvalue weighted by Crippen LogP contribution is 2.32.